The third-order valence-electron chi connectivity index (χ3n) is 2.16. The van der Waals surface area contributed by atoms with Crippen LogP contribution in [-0.4, -0.2) is 17.4 Å². The smallest absolute Gasteiger partial charge is 0.170 e. The third kappa shape index (κ3) is 1.90. The Kier molecular flexibility index (Phi) is 2.87. The maximum absolute atomic E-state index is 13.5. The minimum atomic E-state index is -0.429. The molecule has 0 aliphatic rings. The molecule has 16 heavy (non-hydrogen) atoms. The maximum atomic E-state index is 13.5. The van der Waals surface area contributed by atoms with Crippen molar-refractivity contribution in [3.63, 3.8) is 0 Å². The van der Waals surface area contributed by atoms with Gasteiger partial charge in [0.25, 0.3) is 0 Å². The lowest BCUT2D eigenvalue weighted by atomic mass is 10.1. The van der Waals surface area contributed by atoms with Crippen molar-refractivity contribution in [1.29, 1.82) is 0 Å². The lowest BCUT2D eigenvalue weighted by molar-refractivity contribution is 0.267. The van der Waals surface area contributed by atoms with Gasteiger partial charge in [0, 0.05) is 6.07 Å². The van der Waals surface area contributed by atoms with E-state index in [0.29, 0.717) is 11.4 Å². The number of methoxy groups -OCH3 is 1. The molecule has 0 bridgehead atoms. The van der Waals surface area contributed by atoms with Crippen LogP contribution in [0.5, 0.6) is 5.75 Å². The second kappa shape index (κ2) is 4.32. The summed E-state index contributed by atoms with van der Waals surface area (Å²) >= 11 is 0. The van der Waals surface area contributed by atoms with Crippen molar-refractivity contribution >= 4 is 0 Å². The van der Waals surface area contributed by atoms with Crippen LogP contribution in [0.25, 0.3) is 11.3 Å². The molecule has 0 atom stereocenters. The maximum Gasteiger partial charge on any atom is 0.170 e. The summed E-state index contributed by atoms with van der Waals surface area (Å²) in [5, 5.41) is 12.4. The standard InChI is InChI=1S/C11H10FNO3/c1-15-8-2-3-10(12)9(5-8)11-4-7(6-14)13-16-11/h2-5,14H,6H2,1H3. The number of hydrogen-bond acceptors (Lipinski definition) is 4. The van der Waals surface area contributed by atoms with Gasteiger partial charge in [0.1, 0.15) is 17.3 Å². The molecule has 0 saturated carbocycles. The predicted molar refractivity (Wildman–Crippen MR) is 54.4 cm³/mol. The molecule has 2 aromatic rings. The summed E-state index contributed by atoms with van der Waals surface area (Å²) < 4.78 is 23.4. The van der Waals surface area contributed by atoms with Crippen molar-refractivity contribution in [2.24, 2.45) is 0 Å². The largest absolute Gasteiger partial charge is 0.497 e. The first-order valence-electron chi connectivity index (χ1n) is 4.65. The lowest BCUT2D eigenvalue weighted by Gasteiger charge is -2.02. The van der Waals surface area contributed by atoms with Gasteiger partial charge in [-0.15, -0.1) is 0 Å². The Labute approximate surface area is 91.3 Å². The first-order chi connectivity index (χ1) is 7.74. The Hall–Kier alpha value is -1.88. The van der Waals surface area contributed by atoms with E-state index in [1.807, 2.05) is 0 Å². The van der Waals surface area contributed by atoms with Crippen molar-refractivity contribution in [2.75, 3.05) is 7.11 Å². The van der Waals surface area contributed by atoms with Crippen LogP contribution in [0.4, 0.5) is 4.39 Å². The highest BCUT2D eigenvalue weighted by molar-refractivity contribution is 5.60. The van der Waals surface area contributed by atoms with Crippen LogP contribution >= 0.6 is 0 Å². The Morgan fingerprint density at radius 2 is 2.25 bits per heavy atom. The number of hydrogen-bond donors (Lipinski definition) is 1. The Morgan fingerprint density at radius 3 is 2.88 bits per heavy atom. The van der Waals surface area contributed by atoms with Crippen LogP contribution in [0.15, 0.2) is 28.8 Å². The lowest BCUT2D eigenvalue weighted by Crippen LogP contribution is -1.87. The van der Waals surface area contributed by atoms with E-state index in [9.17, 15) is 4.39 Å². The van der Waals surface area contributed by atoms with Crippen LogP contribution in [-0.2, 0) is 6.61 Å². The zero-order valence-electron chi connectivity index (χ0n) is 8.61. The Balaban J connectivity index is 2.45. The topological polar surface area (TPSA) is 55.5 Å². The number of halogens is 1. The van der Waals surface area contributed by atoms with Gasteiger partial charge in [-0.3, -0.25) is 0 Å². The number of aliphatic hydroxyl groups is 1. The normalized spacial score (nSPS) is 10.4. The summed E-state index contributed by atoms with van der Waals surface area (Å²) in [5.74, 6) is 0.361. The molecule has 1 aromatic carbocycles. The van der Waals surface area contributed by atoms with E-state index in [0.717, 1.165) is 0 Å². The van der Waals surface area contributed by atoms with Crippen LogP contribution in [0.3, 0.4) is 0 Å². The Bertz CT molecular complexity index is 496. The van der Waals surface area contributed by atoms with Crippen molar-refractivity contribution in [2.45, 2.75) is 6.61 Å². The summed E-state index contributed by atoms with van der Waals surface area (Å²) in [6.45, 7) is -0.241. The first kappa shape index (κ1) is 10.6. The molecule has 5 heteroatoms. The molecule has 4 nitrogen and oxygen atoms in total. The molecule has 0 amide bonds. The number of rotatable bonds is 3. The quantitative estimate of drug-likeness (QED) is 0.864. The molecule has 0 radical (unpaired) electrons. The zero-order chi connectivity index (χ0) is 11.5. The van der Waals surface area contributed by atoms with E-state index in [1.165, 1.54) is 31.4 Å². The van der Waals surface area contributed by atoms with Gasteiger partial charge < -0.3 is 14.4 Å². The molecule has 1 N–H and O–H groups in total. The monoisotopic (exact) mass is 223 g/mol. The predicted octanol–water partition coefficient (Wildman–Crippen LogP) is 1.98. The number of nitrogens with zero attached hydrogens (tertiary/aromatic N) is 1. The number of benzene rings is 1. The van der Waals surface area contributed by atoms with Gasteiger partial charge in [0.15, 0.2) is 5.76 Å². The molecule has 0 aliphatic heterocycles. The van der Waals surface area contributed by atoms with Crippen LogP contribution in [0.2, 0.25) is 0 Å². The molecule has 84 valence electrons. The molecular weight excluding hydrogens is 213 g/mol. The van der Waals surface area contributed by atoms with Gasteiger partial charge in [-0.25, -0.2) is 4.39 Å². The second-order valence-electron chi connectivity index (χ2n) is 3.19. The summed E-state index contributed by atoms with van der Waals surface area (Å²) in [7, 11) is 1.50. The average Bonchev–Trinajstić information content (AvgIpc) is 2.78. The Morgan fingerprint density at radius 1 is 1.44 bits per heavy atom. The summed E-state index contributed by atoms with van der Waals surface area (Å²) in [5.41, 5.74) is 0.615. The second-order valence-corrected chi connectivity index (χ2v) is 3.19. The zero-order valence-corrected chi connectivity index (χ0v) is 8.61. The van der Waals surface area contributed by atoms with Gasteiger partial charge in [0.2, 0.25) is 0 Å². The number of aromatic nitrogens is 1. The molecule has 0 aliphatic carbocycles. The third-order valence-corrected chi connectivity index (χ3v) is 2.16. The van der Waals surface area contributed by atoms with E-state index < -0.39 is 5.82 Å². The van der Waals surface area contributed by atoms with Crippen LogP contribution < -0.4 is 4.74 Å². The van der Waals surface area contributed by atoms with E-state index >= 15 is 0 Å². The molecule has 2 rings (SSSR count). The summed E-state index contributed by atoms with van der Waals surface area (Å²) in [4.78, 5) is 0. The fourth-order valence-corrected chi connectivity index (χ4v) is 1.33. The van der Waals surface area contributed by atoms with Crippen molar-refractivity contribution in [3.8, 4) is 17.1 Å². The molecule has 1 aromatic heterocycles. The average molecular weight is 223 g/mol. The first-order valence-corrected chi connectivity index (χ1v) is 4.65. The number of aliphatic hydroxyl groups excluding tert-OH is 1. The van der Waals surface area contributed by atoms with E-state index in [1.54, 1.807) is 0 Å². The van der Waals surface area contributed by atoms with Gasteiger partial charge >= 0.3 is 0 Å². The fraction of sp³-hybridized carbons (Fsp3) is 0.182. The molecule has 0 saturated heterocycles. The molecule has 0 spiro atoms. The minimum absolute atomic E-state index is 0.241. The van der Waals surface area contributed by atoms with E-state index in [-0.39, 0.29) is 17.9 Å². The van der Waals surface area contributed by atoms with Crippen molar-refractivity contribution < 1.29 is 18.8 Å². The van der Waals surface area contributed by atoms with E-state index in [4.69, 9.17) is 14.4 Å². The molecule has 0 fully saturated rings. The molecule has 0 unspecified atom stereocenters. The van der Waals surface area contributed by atoms with Crippen molar-refractivity contribution in [1.82, 2.24) is 5.16 Å². The van der Waals surface area contributed by atoms with Crippen LogP contribution in [0.1, 0.15) is 5.69 Å². The van der Waals surface area contributed by atoms with Gasteiger partial charge in [-0.1, -0.05) is 5.16 Å². The van der Waals surface area contributed by atoms with Crippen LogP contribution in [0, 0.1) is 5.82 Å². The van der Waals surface area contributed by atoms with E-state index in [2.05, 4.69) is 5.16 Å². The summed E-state index contributed by atoms with van der Waals surface area (Å²) in [6.07, 6.45) is 0. The highest BCUT2D eigenvalue weighted by Gasteiger charge is 2.12. The molecule has 1 heterocycles. The van der Waals surface area contributed by atoms with Gasteiger partial charge in [-0.2, -0.15) is 0 Å². The highest BCUT2D eigenvalue weighted by atomic mass is 19.1. The number of ether oxygens (including phenoxy) is 1. The molecular formula is C11H10FNO3. The summed E-state index contributed by atoms with van der Waals surface area (Å²) in [6, 6.07) is 5.80. The SMILES string of the molecule is COc1ccc(F)c(-c2cc(CO)no2)c1. The van der Waals surface area contributed by atoms with Crippen molar-refractivity contribution in [3.05, 3.63) is 35.8 Å². The van der Waals surface area contributed by atoms with Gasteiger partial charge in [0.05, 0.1) is 19.3 Å². The van der Waals surface area contributed by atoms with Gasteiger partial charge in [-0.05, 0) is 18.2 Å². The fourth-order valence-electron chi connectivity index (χ4n) is 1.33. The minimum Gasteiger partial charge on any atom is -0.497 e. The highest BCUT2D eigenvalue weighted by Crippen LogP contribution is 2.27.